The van der Waals surface area contributed by atoms with Crippen LogP contribution in [0.1, 0.15) is 52.0 Å². The van der Waals surface area contributed by atoms with Crippen molar-refractivity contribution in [2.45, 2.75) is 46.5 Å². The first-order valence-corrected chi connectivity index (χ1v) is 6.74. The molecule has 1 aromatic carbocycles. The zero-order chi connectivity index (χ0) is 12.3. The summed E-state index contributed by atoms with van der Waals surface area (Å²) in [5.74, 6) is 0. The van der Waals surface area contributed by atoms with Crippen LogP contribution in [0.2, 0.25) is 0 Å². The molecule has 0 heteroatoms. The number of allylic oxidation sites excluding steroid dienone is 4. The van der Waals surface area contributed by atoms with E-state index in [9.17, 15) is 0 Å². The van der Waals surface area contributed by atoms with E-state index in [2.05, 4.69) is 51.1 Å². The van der Waals surface area contributed by atoms with Crippen LogP contribution in [-0.2, 0) is 0 Å². The lowest BCUT2D eigenvalue weighted by molar-refractivity contribution is 0.879. The van der Waals surface area contributed by atoms with Crippen LogP contribution in [-0.4, -0.2) is 0 Å². The summed E-state index contributed by atoms with van der Waals surface area (Å²) in [4.78, 5) is 0. The Morgan fingerprint density at radius 2 is 1.76 bits per heavy atom. The molecule has 0 amide bonds. The van der Waals surface area contributed by atoms with Gasteiger partial charge >= 0.3 is 0 Å². The molecule has 0 radical (unpaired) electrons. The van der Waals surface area contributed by atoms with Crippen molar-refractivity contribution in [2.75, 3.05) is 0 Å². The Morgan fingerprint density at radius 3 is 2.35 bits per heavy atom. The second-order valence-electron chi connectivity index (χ2n) is 4.83. The molecule has 0 spiro atoms. The fourth-order valence-corrected chi connectivity index (χ4v) is 2.86. The molecule has 0 heterocycles. The molecule has 1 aromatic rings. The molecule has 0 aromatic heterocycles. The highest BCUT2D eigenvalue weighted by molar-refractivity contribution is 5.78. The van der Waals surface area contributed by atoms with Crippen molar-refractivity contribution < 1.29 is 0 Å². The van der Waals surface area contributed by atoms with E-state index in [1.54, 1.807) is 22.3 Å². The molecule has 2 rings (SSSR count). The quantitative estimate of drug-likeness (QED) is 0.647. The van der Waals surface area contributed by atoms with E-state index in [-0.39, 0.29) is 0 Å². The Balaban J connectivity index is 2.35. The summed E-state index contributed by atoms with van der Waals surface area (Å²) in [5, 5.41) is 0. The van der Waals surface area contributed by atoms with Gasteiger partial charge in [0.25, 0.3) is 0 Å². The van der Waals surface area contributed by atoms with Gasteiger partial charge in [-0.15, -0.1) is 0 Å². The molecular formula is C17H22. The van der Waals surface area contributed by atoms with Crippen LogP contribution >= 0.6 is 0 Å². The van der Waals surface area contributed by atoms with Gasteiger partial charge in [-0.3, -0.25) is 0 Å². The van der Waals surface area contributed by atoms with E-state index in [1.165, 1.54) is 24.8 Å². The first-order valence-electron chi connectivity index (χ1n) is 6.74. The summed E-state index contributed by atoms with van der Waals surface area (Å²) in [6, 6.07) is 10.9. The molecule has 0 N–H and O–H groups in total. The number of rotatable bonds is 4. The van der Waals surface area contributed by atoms with E-state index < -0.39 is 0 Å². The minimum absolute atomic E-state index is 1.16. The molecule has 0 saturated carbocycles. The molecule has 0 aliphatic heterocycles. The van der Waals surface area contributed by atoms with Gasteiger partial charge in [-0.2, -0.15) is 0 Å². The lowest BCUT2D eigenvalue weighted by Gasteiger charge is -2.07. The molecule has 0 bridgehead atoms. The van der Waals surface area contributed by atoms with Gasteiger partial charge in [0, 0.05) is 0 Å². The summed E-state index contributed by atoms with van der Waals surface area (Å²) in [5.41, 5.74) is 7.78. The van der Waals surface area contributed by atoms with Crippen molar-refractivity contribution in [1.82, 2.24) is 0 Å². The standard InChI is InChI=1S/C17H22/c1-4-9-15-12-17(16(5-2)13(15)3)14-10-7-6-8-11-14/h6-8,10-11H,4-5,9,12H2,1-3H3. The Morgan fingerprint density at radius 1 is 1.06 bits per heavy atom. The van der Waals surface area contributed by atoms with Gasteiger partial charge in [0.05, 0.1) is 0 Å². The first kappa shape index (κ1) is 12.2. The maximum Gasteiger partial charge on any atom is -0.00525 e. The van der Waals surface area contributed by atoms with Crippen LogP contribution in [0.25, 0.3) is 5.57 Å². The first-order chi connectivity index (χ1) is 8.27. The van der Waals surface area contributed by atoms with Crippen molar-refractivity contribution in [3.05, 3.63) is 52.6 Å². The Labute approximate surface area is 105 Å². The maximum atomic E-state index is 2.31. The van der Waals surface area contributed by atoms with Crippen molar-refractivity contribution in [2.24, 2.45) is 0 Å². The van der Waals surface area contributed by atoms with Gasteiger partial charge < -0.3 is 0 Å². The van der Waals surface area contributed by atoms with Gasteiger partial charge in [0.1, 0.15) is 0 Å². The highest BCUT2D eigenvalue weighted by Gasteiger charge is 2.20. The van der Waals surface area contributed by atoms with Gasteiger partial charge in [0.15, 0.2) is 0 Å². The van der Waals surface area contributed by atoms with Crippen molar-refractivity contribution in [3.63, 3.8) is 0 Å². The van der Waals surface area contributed by atoms with E-state index in [4.69, 9.17) is 0 Å². The summed E-state index contributed by atoms with van der Waals surface area (Å²) < 4.78 is 0. The van der Waals surface area contributed by atoms with Crippen LogP contribution in [0.4, 0.5) is 0 Å². The smallest absolute Gasteiger partial charge is 0.00525 e. The van der Waals surface area contributed by atoms with E-state index in [1.807, 2.05) is 0 Å². The van der Waals surface area contributed by atoms with Crippen molar-refractivity contribution in [3.8, 4) is 0 Å². The normalized spacial score (nSPS) is 15.9. The molecule has 1 aliphatic rings. The topological polar surface area (TPSA) is 0 Å². The monoisotopic (exact) mass is 226 g/mol. The minimum Gasteiger partial charge on any atom is -0.0651 e. The highest BCUT2D eigenvalue weighted by atomic mass is 14.2. The molecule has 0 unspecified atom stereocenters. The number of benzene rings is 1. The maximum absolute atomic E-state index is 2.31. The third-order valence-electron chi connectivity index (χ3n) is 3.77. The fraction of sp³-hybridized carbons (Fsp3) is 0.412. The molecular weight excluding hydrogens is 204 g/mol. The predicted molar refractivity (Wildman–Crippen MR) is 75.9 cm³/mol. The number of hydrogen-bond acceptors (Lipinski definition) is 0. The van der Waals surface area contributed by atoms with Gasteiger partial charge in [-0.25, -0.2) is 0 Å². The Hall–Kier alpha value is -1.30. The van der Waals surface area contributed by atoms with E-state index >= 15 is 0 Å². The van der Waals surface area contributed by atoms with Crippen LogP contribution in [0, 0.1) is 0 Å². The number of hydrogen-bond donors (Lipinski definition) is 0. The average molecular weight is 226 g/mol. The molecule has 17 heavy (non-hydrogen) atoms. The van der Waals surface area contributed by atoms with Crippen LogP contribution in [0.5, 0.6) is 0 Å². The van der Waals surface area contributed by atoms with E-state index in [0.29, 0.717) is 0 Å². The second kappa shape index (κ2) is 5.35. The average Bonchev–Trinajstić information content (AvgIpc) is 2.68. The Bertz CT molecular complexity index is 446. The largest absolute Gasteiger partial charge is 0.0651 e. The van der Waals surface area contributed by atoms with Gasteiger partial charge in [-0.05, 0) is 48.5 Å². The molecule has 0 nitrogen and oxygen atoms in total. The molecule has 0 atom stereocenters. The third-order valence-corrected chi connectivity index (χ3v) is 3.77. The lowest BCUT2D eigenvalue weighted by Crippen LogP contribution is -1.86. The SMILES string of the molecule is CCCC1=C(C)C(CC)=C(c2ccccc2)C1. The lowest BCUT2D eigenvalue weighted by atomic mass is 9.98. The third kappa shape index (κ3) is 2.36. The second-order valence-corrected chi connectivity index (χ2v) is 4.83. The van der Waals surface area contributed by atoms with Crippen LogP contribution in [0.3, 0.4) is 0 Å². The zero-order valence-corrected chi connectivity index (χ0v) is 11.2. The fourth-order valence-electron chi connectivity index (χ4n) is 2.86. The van der Waals surface area contributed by atoms with Gasteiger partial charge in [0.2, 0.25) is 0 Å². The summed E-state index contributed by atoms with van der Waals surface area (Å²) in [6.07, 6.45) is 4.84. The van der Waals surface area contributed by atoms with Crippen LogP contribution < -0.4 is 0 Å². The zero-order valence-electron chi connectivity index (χ0n) is 11.2. The summed E-state index contributed by atoms with van der Waals surface area (Å²) in [6.45, 7) is 6.85. The molecule has 1 aliphatic carbocycles. The molecule has 90 valence electrons. The summed E-state index contributed by atoms with van der Waals surface area (Å²) in [7, 11) is 0. The molecule has 0 saturated heterocycles. The Kier molecular flexibility index (Phi) is 3.83. The van der Waals surface area contributed by atoms with E-state index in [0.717, 1.165) is 6.42 Å². The van der Waals surface area contributed by atoms with Crippen molar-refractivity contribution in [1.29, 1.82) is 0 Å². The molecule has 0 fully saturated rings. The van der Waals surface area contributed by atoms with Gasteiger partial charge in [-0.1, -0.05) is 56.2 Å². The predicted octanol–water partition coefficient (Wildman–Crippen LogP) is 5.37. The highest BCUT2D eigenvalue weighted by Crippen LogP contribution is 2.41. The minimum atomic E-state index is 1.16. The summed E-state index contributed by atoms with van der Waals surface area (Å²) >= 11 is 0. The van der Waals surface area contributed by atoms with Crippen molar-refractivity contribution >= 4 is 5.57 Å². The van der Waals surface area contributed by atoms with Crippen LogP contribution in [0.15, 0.2) is 47.1 Å².